The summed E-state index contributed by atoms with van der Waals surface area (Å²) in [6, 6.07) is 9.39. The lowest BCUT2D eigenvalue weighted by Gasteiger charge is -2.44. The molecule has 1 aromatic heterocycles. The lowest BCUT2D eigenvalue weighted by atomic mass is 9.69. The number of amidine groups is 1. The highest BCUT2D eigenvalue weighted by Crippen LogP contribution is 2.50. The molecule has 36 heavy (non-hydrogen) atoms. The number of pyridine rings is 1. The summed E-state index contributed by atoms with van der Waals surface area (Å²) in [6.45, 7) is 5.34. The predicted octanol–water partition coefficient (Wildman–Crippen LogP) is 5.36. The Hall–Kier alpha value is -3.45. The molecular weight excluding hydrogens is 481 g/mol. The maximum absolute atomic E-state index is 15.3. The van der Waals surface area contributed by atoms with Gasteiger partial charge in [-0.2, -0.15) is 5.26 Å². The summed E-state index contributed by atoms with van der Waals surface area (Å²) in [6.07, 6.45) is 4.14. The van der Waals surface area contributed by atoms with Gasteiger partial charge in [-0.1, -0.05) is 24.6 Å². The van der Waals surface area contributed by atoms with Crippen LogP contribution >= 0.6 is 11.8 Å². The molecule has 2 N–H and O–H groups in total. The number of benzene rings is 1. The van der Waals surface area contributed by atoms with E-state index in [1.165, 1.54) is 42.2 Å². The van der Waals surface area contributed by atoms with Crippen molar-refractivity contribution in [1.82, 2.24) is 10.3 Å². The van der Waals surface area contributed by atoms with Gasteiger partial charge in [0.2, 0.25) is 0 Å². The van der Waals surface area contributed by atoms with Gasteiger partial charge in [-0.3, -0.25) is 15.1 Å². The molecule has 2 amide bonds. The van der Waals surface area contributed by atoms with Crippen LogP contribution in [0.15, 0.2) is 41.5 Å². The molecule has 10 heteroatoms. The summed E-state index contributed by atoms with van der Waals surface area (Å²) >= 11 is 1.43. The fourth-order valence-electron chi connectivity index (χ4n) is 4.58. The van der Waals surface area contributed by atoms with E-state index in [4.69, 9.17) is 15.0 Å². The number of aliphatic imine (C=N–C) groups is 1. The van der Waals surface area contributed by atoms with Gasteiger partial charge in [0.15, 0.2) is 5.17 Å². The minimum Gasteiger partial charge on any atom is -0.444 e. The zero-order valence-electron chi connectivity index (χ0n) is 20.4. The zero-order valence-corrected chi connectivity index (χ0v) is 21.2. The molecule has 0 unspecified atom stereocenters. The van der Waals surface area contributed by atoms with E-state index in [0.29, 0.717) is 34.2 Å². The van der Waals surface area contributed by atoms with Crippen molar-refractivity contribution in [3.8, 4) is 6.07 Å². The van der Waals surface area contributed by atoms with Crippen LogP contribution in [0.2, 0.25) is 0 Å². The van der Waals surface area contributed by atoms with Crippen LogP contribution in [0.3, 0.4) is 0 Å². The number of nitriles is 1. The van der Waals surface area contributed by atoms with Gasteiger partial charge < -0.3 is 10.1 Å². The maximum Gasteiger partial charge on any atom is 0.413 e. The largest absolute Gasteiger partial charge is 0.444 e. The molecule has 2 heterocycles. The fourth-order valence-corrected chi connectivity index (χ4v) is 5.77. The Morgan fingerprint density at radius 1 is 1.22 bits per heavy atom. The van der Waals surface area contributed by atoms with Gasteiger partial charge in [-0.25, -0.2) is 14.2 Å². The van der Waals surface area contributed by atoms with E-state index in [9.17, 15) is 9.59 Å². The topological polar surface area (TPSA) is 116 Å². The highest BCUT2D eigenvalue weighted by molar-refractivity contribution is 8.13. The van der Waals surface area contributed by atoms with Gasteiger partial charge in [-0.05, 0) is 69.9 Å². The van der Waals surface area contributed by atoms with Crippen LogP contribution in [-0.2, 0) is 10.3 Å². The second kappa shape index (κ2) is 10.3. The van der Waals surface area contributed by atoms with Crippen molar-refractivity contribution < 1.29 is 18.7 Å². The standard InChI is InChI=1S/C26H28FN5O3S/c1-25(2,3)35-24(34)31-23-32-26(11-5-4-6-17(26)15-36-23)19-12-18(8-9-20(19)27)30-22(33)21-10-7-16(13-28)14-29-21/h7-10,12,14,17H,4-6,11,15H2,1-3H3,(H,30,33)(H,31,32,34)/t17-,26-/m0/s1. The van der Waals surface area contributed by atoms with E-state index < -0.39 is 29.0 Å². The lowest BCUT2D eigenvalue weighted by molar-refractivity contribution is 0.0563. The van der Waals surface area contributed by atoms with Crippen molar-refractivity contribution >= 4 is 34.6 Å². The van der Waals surface area contributed by atoms with E-state index in [1.54, 1.807) is 26.8 Å². The van der Waals surface area contributed by atoms with Crippen LogP contribution in [0.4, 0.5) is 14.9 Å². The van der Waals surface area contributed by atoms with Crippen LogP contribution in [0.1, 0.15) is 68.1 Å². The number of alkyl carbamates (subject to hydrolysis) is 1. The average molecular weight is 510 g/mol. The minimum atomic E-state index is -0.856. The number of fused-ring (bicyclic) bond motifs is 1. The number of thioether (sulfide) groups is 1. The van der Waals surface area contributed by atoms with Crippen molar-refractivity contribution in [3.05, 3.63) is 59.2 Å². The number of hydrogen-bond acceptors (Lipinski definition) is 7. The fraction of sp³-hybridized carbons (Fsp3) is 0.423. The molecule has 1 aromatic carbocycles. The normalized spacial score (nSPS) is 21.4. The van der Waals surface area contributed by atoms with Gasteiger partial charge in [-0.15, -0.1) is 0 Å². The molecule has 1 aliphatic carbocycles. The number of hydrogen-bond donors (Lipinski definition) is 2. The molecule has 2 aromatic rings. The lowest BCUT2D eigenvalue weighted by Crippen LogP contribution is -2.45. The number of halogens is 1. The number of nitrogens with zero attached hydrogens (tertiary/aromatic N) is 3. The Morgan fingerprint density at radius 2 is 2.03 bits per heavy atom. The Bertz CT molecular complexity index is 1240. The van der Waals surface area contributed by atoms with Gasteiger partial charge in [0, 0.05) is 23.2 Å². The summed E-state index contributed by atoms with van der Waals surface area (Å²) in [5.74, 6) is -0.116. The van der Waals surface area contributed by atoms with Crippen molar-refractivity contribution in [3.63, 3.8) is 0 Å². The van der Waals surface area contributed by atoms with E-state index in [2.05, 4.69) is 15.6 Å². The first-order valence-corrected chi connectivity index (χ1v) is 12.8. The Morgan fingerprint density at radius 3 is 2.72 bits per heavy atom. The number of carbonyl (C=O) groups is 2. The smallest absolute Gasteiger partial charge is 0.413 e. The Labute approximate surface area is 213 Å². The highest BCUT2D eigenvalue weighted by atomic mass is 32.2. The highest BCUT2D eigenvalue weighted by Gasteiger charge is 2.46. The van der Waals surface area contributed by atoms with Crippen molar-refractivity contribution in [2.45, 2.75) is 57.6 Å². The molecular formula is C26H28FN5O3S. The third-order valence-electron chi connectivity index (χ3n) is 6.18. The van der Waals surface area contributed by atoms with Crippen molar-refractivity contribution in [1.29, 1.82) is 5.26 Å². The zero-order chi connectivity index (χ0) is 25.9. The molecule has 188 valence electrons. The summed E-state index contributed by atoms with van der Waals surface area (Å²) in [5, 5.41) is 14.8. The minimum absolute atomic E-state index is 0.0843. The molecule has 4 rings (SSSR count). The maximum atomic E-state index is 15.3. The number of carbonyl (C=O) groups excluding carboxylic acids is 2. The third kappa shape index (κ3) is 5.68. The summed E-state index contributed by atoms with van der Waals surface area (Å²) in [5.41, 5.74) is -0.215. The first-order chi connectivity index (χ1) is 17.1. The summed E-state index contributed by atoms with van der Waals surface area (Å²) in [4.78, 5) is 34.0. The van der Waals surface area contributed by atoms with Crippen LogP contribution in [-0.4, -0.2) is 33.5 Å². The summed E-state index contributed by atoms with van der Waals surface area (Å²) in [7, 11) is 0. The number of nitrogens with one attached hydrogen (secondary N) is 2. The van der Waals surface area contributed by atoms with E-state index in [1.807, 2.05) is 6.07 Å². The third-order valence-corrected chi connectivity index (χ3v) is 7.22. The molecule has 1 saturated carbocycles. The number of aromatic nitrogens is 1. The molecule has 0 radical (unpaired) electrons. The van der Waals surface area contributed by atoms with Gasteiger partial charge in [0.1, 0.15) is 23.2 Å². The van der Waals surface area contributed by atoms with E-state index in [0.717, 1.165) is 19.3 Å². The number of anilines is 1. The van der Waals surface area contributed by atoms with Crippen LogP contribution in [0.5, 0.6) is 0 Å². The quantitative estimate of drug-likeness (QED) is 0.576. The molecule has 1 fully saturated rings. The number of ether oxygens (including phenoxy) is 1. The number of rotatable bonds is 3. The first-order valence-electron chi connectivity index (χ1n) is 11.8. The summed E-state index contributed by atoms with van der Waals surface area (Å²) < 4.78 is 20.7. The van der Waals surface area contributed by atoms with Gasteiger partial charge >= 0.3 is 6.09 Å². The van der Waals surface area contributed by atoms with Crippen molar-refractivity contribution in [2.24, 2.45) is 10.9 Å². The van der Waals surface area contributed by atoms with Crippen molar-refractivity contribution in [2.75, 3.05) is 11.1 Å². The van der Waals surface area contributed by atoms with Gasteiger partial charge in [0.25, 0.3) is 5.91 Å². The predicted molar refractivity (Wildman–Crippen MR) is 136 cm³/mol. The second-order valence-electron chi connectivity index (χ2n) is 9.91. The second-order valence-corrected chi connectivity index (χ2v) is 10.9. The van der Waals surface area contributed by atoms with E-state index >= 15 is 4.39 Å². The SMILES string of the molecule is CC(C)(C)OC(=O)NC1=N[C@@]2(c3cc(NC(=O)c4ccc(C#N)cn4)ccc3F)CCCC[C@H]2CS1. The average Bonchev–Trinajstić information content (AvgIpc) is 2.83. The van der Waals surface area contributed by atoms with E-state index in [-0.39, 0.29) is 11.6 Å². The monoisotopic (exact) mass is 509 g/mol. The molecule has 0 saturated heterocycles. The number of amides is 2. The molecule has 2 aliphatic rings. The van der Waals surface area contributed by atoms with Crippen LogP contribution in [0, 0.1) is 23.1 Å². The van der Waals surface area contributed by atoms with Gasteiger partial charge in [0.05, 0.1) is 11.1 Å². The molecule has 1 aliphatic heterocycles. The molecule has 8 nitrogen and oxygen atoms in total. The first kappa shape index (κ1) is 25.6. The molecule has 2 atom stereocenters. The Balaban J connectivity index is 1.64. The van der Waals surface area contributed by atoms with Crippen LogP contribution in [0.25, 0.3) is 0 Å². The molecule has 0 spiro atoms. The molecule has 0 bridgehead atoms. The van der Waals surface area contributed by atoms with Crippen LogP contribution < -0.4 is 10.6 Å². The Kier molecular flexibility index (Phi) is 7.31.